The SMILES string of the molecule is CCC(=O)NC(C(=O)N1CCN(C)CC1)C(CC)c1ccc(NC(=O)C(NC(=O)OC(C)(C)C)C2CCCCCC2)cc1. The zero-order valence-electron chi connectivity index (χ0n) is 27.0. The standard InChI is InChI=1S/C33H53N5O5/c1-7-26(29(35-27(39)8-2)31(41)38-21-19-37(6)20-22-38)23-15-17-25(18-16-23)34-30(40)28(24-13-11-9-10-12-14-24)36-32(42)43-33(3,4)5/h15-18,24,26,28-29H,7-14,19-22H2,1-6H3,(H,34,40)(H,35,39)(H,36,42). The molecule has 4 amide bonds. The molecule has 0 spiro atoms. The molecule has 2 aliphatic rings. The average molecular weight is 600 g/mol. The molecule has 3 unspecified atom stereocenters. The molecule has 10 nitrogen and oxygen atoms in total. The largest absolute Gasteiger partial charge is 0.444 e. The number of rotatable bonds is 10. The molecule has 0 aromatic heterocycles. The number of ether oxygens (including phenoxy) is 1. The Bertz CT molecular complexity index is 1070. The summed E-state index contributed by atoms with van der Waals surface area (Å²) in [7, 11) is 2.04. The van der Waals surface area contributed by atoms with Crippen molar-refractivity contribution in [2.45, 2.75) is 110 Å². The van der Waals surface area contributed by atoms with Gasteiger partial charge in [0, 0.05) is 44.2 Å². The highest BCUT2D eigenvalue weighted by Gasteiger charge is 2.35. The van der Waals surface area contributed by atoms with E-state index >= 15 is 0 Å². The van der Waals surface area contributed by atoms with E-state index in [0.717, 1.165) is 57.2 Å². The number of likely N-dealkylation sites (N-methyl/N-ethyl adjacent to an activating group) is 1. The van der Waals surface area contributed by atoms with Crippen molar-refractivity contribution in [3.63, 3.8) is 0 Å². The third-order valence-corrected chi connectivity index (χ3v) is 8.49. The van der Waals surface area contributed by atoms with E-state index in [1.54, 1.807) is 27.7 Å². The predicted octanol–water partition coefficient (Wildman–Crippen LogP) is 4.65. The number of hydrogen-bond acceptors (Lipinski definition) is 6. The highest BCUT2D eigenvalue weighted by molar-refractivity contribution is 5.97. The first kappa shape index (κ1) is 34.4. The second-order valence-corrected chi connectivity index (χ2v) is 13.0. The summed E-state index contributed by atoms with van der Waals surface area (Å²) in [5.41, 5.74) is 0.852. The van der Waals surface area contributed by atoms with E-state index in [-0.39, 0.29) is 29.6 Å². The van der Waals surface area contributed by atoms with Crippen LogP contribution in [0, 0.1) is 5.92 Å². The number of anilines is 1. The van der Waals surface area contributed by atoms with Gasteiger partial charge in [0.05, 0.1) is 0 Å². The van der Waals surface area contributed by atoms with E-state index in [0.29, 0.717) is 31.6 Å². The van der Waals surface area contributed by atoms with E-state index in [2.05, 4.69) is 20.9 Å². The fourth-order valence-electron chi connectivity index (χ4n) is 6.01. The summed E-state index contributed by atoms with van der Waals surface area (Å²) in [6, 6.07) is 6.10. The normalized spacial score (nSPS) is 19.0. The third kappa shape index (κ3) is 10.5. The molecule has 3 N–H and O–H groups in total. The van der Waals surface area contributed by atoms with Crippen molar-refractivity contribution < 1.29 is 23.9 Å². The Morgan fingerprint density at radius 3 is 2.05 bits per heavy atom. The maximum Gasteiger partial charge on any atom is 0.408 e. The Morgan fingerprint density at radius 1 is 0.907 bits per heavy atom. The lowest BCUT2D eigenvalue weighted by Gasteiger charge is -2.37. The summed E-state index contributed by atoms with van der Waals surface area (Å²) in [5.74, 6) is -0.673. The van der Waals surface area contributed by atoms with Gasteiger partial charge in [-0.2, -0.15) is 0 Å². The van der Waals surface area contributed by atoms with Crippen LogP contribution in [0.5, 0.6) is 0 Å². The summed E-state index contributed by atoms with van der Waals surface area (Å²) < 4.78 is 5.48. The topological polar surface area (TPSA) is 120 Å². The minimum absolute atomic E-state index is 0.0299. The fraction of sp³-hybridized carbons (Fsp3) is 0.697. The Kier molecular flexibility index (Phi) is 12.8. The van der Waals surface area contributed by atoms with Crippen molar-refractivity contribution in [3.8, 4) is 0 Å². The number of carbonyl (C=O) groups is 4. The van der Waals surface area contributed by atoms with Gasteiger partial charge in [-0.15, -0.1) is 0 Å². The van der Waals surface area contributed by atoms with Gasteiger partial charge in [-0.05, 0) is 70.7 Å². The number of amides is 4. The van der Waals surface area contributed by atoms with Crippen LogP contribution >= 0.6 is 0 Å². The van der Waals surface area contributed by atoms with Crippen molar-refractivity contribution in [2.75, 3.05) is 38.5 Å². The van der Waals surface area contributed by atoms with E-state index in [9.17, 15) is 19.2 Å². The monoisotopic (exact) mass is 599 g/mol. The number of alkyl carbamates (subject to hydrolysis) is 1. The number of carbonyl (C=O) groups excluding carboxylic acids is 4. The highest BCUT2D eigenvalue weighted by atomic mass is 16.6. The van der Waals surface area contributed by atoms with Crippen LogP contribution < -0.4 is 16.0 Å². The molecule has 1 aromatic carbocycles. The molecule has 0 bridgehead atoms. The van der Waals surface area contributed by atoms with Gasteiger partial charge in [0.25, 0.3) is 0 Å². The summed E-state index contributed by atoms with van der Waals surface area (Å²) in [6.07, 6.45) is 6.43. The predicted molar refractivity (Wildman–Crippen MR) is 169 cm³/mol. The number of benzene rings is 1. The van der Waals surface area contributed by atoms with Crippen LogP contribution in [0.2, 0.25) is 0 Å². The molecule has 1 saturated heterocycles. The molecule has 3 rings (SSSR count). The molecule has 1 aliphatic carbocycles. The zero-order valence-corrected chi connectivity index (χ0v) is 27.0. The zero-order chi connectivity index (χ0) is 31.6. The van der Waals surface area contributed by atoms with E-state index in [4.69, 9.17) is 4.74 Å². The highest BCUT2D eigenvalue weighted by Crippen LogP contribution is 2.29. The van der Waals surface area contributed by atoms with Gasteiger partial charge < -0.3 is 30.5 Å². The maximum atomic E-state index is 13.7. The number of piperazine rings is 1. The maximum absolute atomic E-state index is 13.7. The molecule has 2 fully saturated rings. The van der Waals surface area contributed by atoms with Gasteiger partial charge in [-0.25, -0.2) is 4.79 Å². The average Bonchev–Trinajstić information content (AvgIpc) is 3.25. The lowest BCUT2D eigenvalue weighted by molar-refractivity contribution is -0.138. The van der Waals surface area contributed by atoms with Crippen molar-refractivity contribution in [1.82, 2.24) is 20.4 Å². The minimum atomic E-state index is -0.703. The van der Waals surface area contributed by atoms with Crippen molar-refractivity contribution in [1.29, 1.82) is 0 Å². The van der Waals surface area contributed by atoms with Gasteiger partial charge in [-0.1, -0.05) is 51.7 Å². The van der Waals surface area contributed by atoms with Crippen LogP contribution in [0.15, 0.2) is 24.3 Å². The van der Waals surface area contributed by atoms with Crippen molar-refractivity contribution in [2.24, 2.45) is 5.92 Å². The molecule has 3 atom stereocenters. The summed E-state index contributed by atoms with van der Waals surface area (Å²) >= 11 is 0. The van der Waals surface area contributed by atoms with Gasteiger partial charge in [0.15, 0.2) is 0 Å². The van der Waals surface area contributed by atoms with Crippen LogP contribution in [0.1, 0.15) is 97.5 Å². The molecule has 1 aromatic rings. The van der Waals surface area contributed by atoms with Crippen molar-refractivity contribution in [3.05, 3.63) is 29.8 Å². The summed E-state index contributed by atoms with van der Waals surface area (Å²) in [4.78, 5) is 56.4. The third-order valence-electron chi connectivity index (χ3n) is 8.49. The summed E-state index contributed by atoms with van der Waals surface area (Å²) in [6.45, 7) is 12.1. The van der Waals surface area contributed by atoms with Crippen LogP contribution in [0.3, 0.4) is 0 Å². The summed E-state index contributed by atoms with van der Waals surface area (Å²) in [5, 5.41) is 8.86. The van der Waals surface area contributed by atoms with Gasteiger partial charge in [-0.3, -0.25) is 14.4 Å². The number of nitrogens with zero attached hydrogens (tertiary/aromatic N) is 2. The second kappa shape index (κ2) is 16.1. The molecular formula is C33H53N5O5. The Labute approximate surface area is 257 Å². The van der Waals surface area contributed by atoms with E-state index < -0.39 is 23.8 Å². The molecular weight excluding hydrogens is 546 g/mol. The second-order valence-electron chi connectivity index (χ2n) is 13.0. The fourth-order valence-corrected chi connectivity index (χ4v) is 6.01. The smallest absolute Gasteiger partial charge is 0.408 e. The van der Waals surface area contributed by atoms with Crippen LogP contribution in [0.4, 0.5) is 10.5 Å². The van der Waals surface area contributed by atoms with Gasteiger partial charge >= 0.3 is 6.09 Å². The van der Waals surface area contributed by atoms with Crippen LogP contribution in [-0.4, -0.2) is 84.5 Å². The number of hydrogen-bond donors (Lipinski definition) is 3. The molecule has 1 heterocycles. The van der Waals surface area contributed by atoms with Crippen LogP contribution in [-0.2, 0) is 19.1 Å². The first-order valence-corrected chi connectivity index (χ1v) is 16.1. The molecule has 0 radical (unpaired) electrons. The van der Waals surface area contributed by atoms with Gasteiger partial charge in [0.1, 0.15) is 17.7 Å². The Morgan fingerprint density at radius 2 is 1.51 bits per heavy atom. The minimum Gasteiger partial charge on any atom is -0.444 e. The molecule has 1 saturated carbocycles. The van der Waals surface area contributed by atoms with E-state index in [1.165, 1.54) is 0 Å². The van der Waals surface area contributed by atoms with E-state index in [1.807, 2.05) is 43.1 Å². The molecule has 240 valence electrons. The molecule has 10 heteroatoms. The molecule has 1 aliphatic heterocycles. The Balaban J connectivity index is 1.77. The molecule has 43 heavy (non-hydrogen) atoms. The quantitative estimate of drug-likeness (QED) is 0.337. The first-order chi connectivity index (χ1) is 20.4. The lowest BCUT2D eigenvalue weighted by Crippen LogP contribution is -2.56. The first-order valence-electron chi connectivity index (χ1n) is 16.1. The van der Waals surface area contributed by atoms with Crippen molar-refractivity contribution >= 4 is 29.5 Å². The van der Waals surface area contributed by atoms with Crippen LogP contribution in [0.25, 0.3) is 0 Å². The Hall–Kier alpha value is -3.14. The lowest BCUT2D eigenvalue weighted by atomic mass is 9.87. The number of nitrogens with one attached hydrogen (secondary N) is 3. The van der Waals surface area contributed by atoms with Gasteiger partial charge in [0.2, 0.25) is 17.7 Å².